The number of rotatable bonds is 4. The number of piperidine rings is 1. The number of hydrogen-bond acceptors (Lipinski definition) is 4. The zero-order chi connectivity index (χ0) is 14.7. The van der Waals surface area contributed by atoms with Crippen molar-refractivity contribution in [3.8, 4) is 0 Å². The lowest BCUT2D eigenvalue weighted by molar-refractivity contribution is -0.386. The van der Waals surface area contributed by atoms with Gasteiger partial charge >= 0.3 is 11.7 Å². The summed E-state index contributed by atoms with van der Waals surface area (Å²) >= 11 is 0. The van der Waals surface area contributed by atoms with E-state index < -0.39 is 22.4 Å². The fourth-order valence-corrected chi connectivity index (χ4v) is 2.64. The maximum absolute atomic E-state index is 13.6. The molecule has 1 aromatic rings. The Morgan fingerprint density at radius 2 is 2.30 bits per heavy atom. The third-order valence-corrected chi connectivity index (χ3v) is 3.47. The molecule has 1 fully saturated rings. The zero-order valence-corrected chi connectivity index (χ0v) is 10.8. The van der Waals surface area contributed by atoms with Crippen molar-refractivity contribution < 1.29 is 19.2 Å². The van der Waals surface area contributed by atoms with Crippen LogP contribution in [0, 0.1) is 21.8 Å². The van der Waals surface area contributed by atoms with Crippen molar-refractivity contribution in [2.24, 2.45) is 5.92 Å². The highest BCUT2D eigenvalue weighted by Gasteiger charge is 2.28. The van der Waals surface area contributed by atoms with E-state index in [4.69, 9.17) is 5.11 Å². The van der Waals surface area contributed by atoms with Crippen molar-refractivity contribution in [3.05, 3.63) is 34.1 Å². The second-order valence-electron chi connectivity index (χ2n) is 4.92. The predicted molar refractivity (Wildman–Crippen MR) is 70.2 cm³/mol. The first kappa shape index (κ1) is 14.2. The molecule has 0 bridgehead atoms. The van der Waals surface area contributed by atoms with E-state index in [0.717, 1.165) is 18.9 Å². The molecule has 0 aliphatic carbocycles. The SMILES string of the molecule is O=C(O)CC1CCCN(c2cccc(F)c2[N+](=O)[O-])C1. The maximum atomic E-state index is 13.6. The fourth-order valence-electron chi connectivity index (χ4n) is 2.64. The molecule has 20 heavy (non-hydrogen) atoms. The zero-order valence-electron chi connectivity index (χ0n) is 10.8. The number of carbonyl (C=O) groups is 1. The lowest BCUT2D eigenvalue weighted by Gasteiger charge is -2.33. The molecular weight excluding hydrogens is 267 g/mol. The van der Waals surface area contributed by atoms with Gasteiger partial charge in [-0.1, -0.05) is 6.07 Å². The summed E-state index contributed by atoms with van der Waals surface area (Å²) in [6.07, 6.45) is 1.54. The Hall–Kier alpha value is -2.18. The molecule has 0 amide bonds. The average Bonchev–Trinajstić information content (AvgIpc) is 2.37. The molecule has 0 aromatic heterocycles. The largest absolute Gasteiger partial charge is 0.481 e. The lowest BCUT2D eigenvalue weighted by Crippen LogP contribution is -2.36. The molecule has 7 heteroatoms. The van der Waals surface area contributed by atoms with Crippen LogP contribution >= 0.6 is 0 Å². The normalized spacial score (nSPS) is 18.9. The van der Waals surface area contributed by atoms with E-state index >= 15 is 0 Å². The average molecular weight is 282 g/mol. The minimum Gasteiger partial charge on any atom is -0.481 e. The van der Waals surface area contributed by atoms with Crippen molar-refractivity contribution in [1.82, 2.24) is 0 Å². The third-order valence-electron chi connectivity index (χ3n) is 3.47. The second-order valence-corrected chi connectivity index (χ2v) is 4.92. The first-order valence-electron chi connectivity index (χ1n) is 6.38. The number of benzene rings is 1. The molecule has 0 spiro atoms. The molecule has 1 heterocycles. The van der Waals surface area contributed by atoms with Gasteiger partial charge in [-0.15, -0.1) is 0 Å². The lowest BCUT2D eigenvalue weighted by atomic mass is 9.94. The number of nitrogens with zero attached hydrogens (tertiary/aromatic N) is 2. The van der Waals surface area contributed by atoms with Crippen LogP contribution in [-0.2, 0) is 4.79 Å². The summed E-state index contributed by atoms with van der Waals surface area (Å²) in [4.78, 5) is 22.7. The van der Waals surface area contributed by atoms with Crippen molar-refractivity contribution in [3.63, 3.8) is 0 Å². The van der Waals surface area contributed by atoms with Gasteiger partial charge in [0.2, 0.25) is 5.82 Å². The van der Waals surface area contributed by atoms with Gasteiger partial charge < -0.3 is 10.0 Å². The number of para-hydroxylation sites is 1. The third kappa shape index (κ3) is 3.04. The molecule has 0 saturated carbocycles. The number of hydrogen-bond donors (Lipinski definition) is 1. The van der Waals surface area contributed by atoms with E-state index in [1.54, 1.807) is 4.90 Å². The van der Waals surface area contributed by atoms with Gasteiger partial charge in [-0.25, -0.2) is 0 Å². The molecular formula is C13H15FN2O4. The summed E-state index contributed by atoms with van der Waals surface area (Å²) in [6.45, 7) is 0.969. The van der Waals surface area contributed by atoms with Gasteiger partial charge in [0.1, 0.15) is 5.69 Å². The van der Waals surface area contributed by atoms with Crippen molar-refractivity contribution >= 4 is 17.3 Å². The molecule has 108 valence electrons. The number of anilines is 1. The highest BCUT2D eigenvalue weighted by atomic mass is 19.1. The van der Waals surface area contributed by atoms with E-state index in [2.05, 4.69) is 0 Å². The van der Waals surface area contributed by atoms with Gasteiger partial charge in [0.05, 0.1) is 4.92 Å². The maximum Gasteiger partial charge on any atom is 0.327 e. The van der Waals surface area contributed by atoms with E-state index in [1.807, 2.05) is 0 Å². The Morgan fingerprint density at radius 1 is 1.55 bits per heavy atom. The number of nitro groups is 1. The van der Waals surface area contributed by atoms with Crippen LogP contribution in [0.5, 0.6) is 0 Å². The van der Waals surface area contributed by atoms with Gasteiger partial charge in [-0.2, -0.15) is 4.39 Å². The standard InChI is InChI=1S/C13H15FN2O4/c14-10-4-1-5-11(13(10)16(19)20)15-6-2-3-9(8-15)7-12(17)18/h1,4-5,9H,2-3,6-8H2,(H,17,18). The van der Waals surface area contributed by atoms with E-state index in [0.29, 0.717) is 13.1 Å². The molecule has 1 aliphatic heterocycles. The Labute approximate surface area is 115 Å². The van der Waals surface area contributed by atoms with Gasteiger partial charge in [0.25, 0.3) is 0 Å². The van der Waals surface area contributed by atoms with Gasteiger partial charge in [-0.05, 0) is 30.9 Å². The first-order chi connectivity index (χ1) is 9.49. The molecule has 2 rings (SSSR count). The first-order valence-corrected chi connectivity index (χ1v) is 6.38. The predicted octanol–water partition coefficient (Wildman–Crippen LogP) is 2.43. The smallest absolute Gasteiger partial charge is 0.327 e. The molecule has 1 saturated heterocycles. The molecule has 1 N–H and O–H groups in total. The fraction of sp³-hybridized carbons (Fsp3) is 0.462. The number of halogens is 1. The summed E-state index contributed by atoms with van der Waals surface area (Å²) in [7, 11) is 0. The topological polar surface area (TPSA) is 83.7 Å². The quantitative estimate of drug-likeness (QED) is 0.677. The summed E-state index contributed by atoms with van der Waals surface area (Å²) in [5.74, 6) is -1.82. The second kappa shape index (κ2) is 5.85. The van der Waals surface area contributed by atoms with Crippen LogP contribution in [0.4, 0.5) is 15.8 Å². The summed E-state index contributed by atoms with van der Waals surface area (Å²) < 4.78 is 13.6. The van der Waals surface area contributed by atoms with Crippen LogP contribution in [0.25, 0.3) is 0 Å². The van der Waals surface area contributed by atoms with Gasteiger partial charge in [0, 0.05) is 19.5 Å². The van der Waals surface area contributed by atoms with E-state index in [-0.39, 0.29) is 18.0 Å². The number of aliphatic carboxylic acids is 1. The summed E-state index contributed by atoms with van der Waals surface area (Å²) in [5, 5.41) is 19.8. The molecule has 1 aromatic carbocycles. The van der Waals surface area contributed by atoms with E-state index in [9.17, 15) is 19.3 Å². The Kier molecular flexibility index (Phi) is 4.16. The molecule has 1 aliphatic rings. The van der Waals surface area contributed by atoms with Crippen molar-refractivity contribution in [1.29, 1.82) is 0 Å². The highest BCUT2D eigenvalue weighted by molar-refractivity contribution is 5.68. The van der Waals surface area contributed by atoms with Crippen LogP contribution in [0.3, 0.4) is 0 Å². The van der Waals surface area contributed by atoms with Crippen LogP contribution in [0.1, 0.15) is 19.3 Å². The molecule has 6 nitrogen and oxygen atoms in total. The summed E-state index contributed by atoms with van der Waals surface area (Å²) in [6, 6.07) is 3.99. The Bertz CT molecular complexity index is 535. The van der Waals surface area contributed by atoms with E-state index in [1.165, 1.54) is 12.1 Å². The van der Waals surface area contributed by atoms with Gasteiger partial charge in [0.15, 0.2) is 0 Å². The van der Waals surface area contributed by atoms with Crippen LogP contribution in [0.15, 0.2) is 18.2 Å². The van der Waals surface area contributed by atoms with Crippen molar-refractivity contribution in [2.75, 3.05) is 18.0 Å². The minimum absolute atomic E-state index is 0.0274. The number of carboxylic acids is 1. The highest BCUT2D eigenvalue weighted by Crippen LogP contribution is 2.34. The monoisotopic (exact) mass is 282 g/mol. The molecule has 0 radical (unpaired) electrons. The number of carboxylic acid groups (broad SMARTS) is 1. The molecule has 1 atom stereocenters. The van der Waals surface area contributed by atoms with Crippen LogP contribution in [-0.4, -0.2) is 29.1 Å². The molecule has 1 unspecified atom stereocenters. The minimum atomic E-state index is -0.884. The van der Waals surface area contributed by atoms with Crippen molar-refractivity contribution in [2.45, 2.75) is 19.3 Å². The van der Waals surface area contributed by atoms with Gasteiger partial charge in [-0.3, -0.25) is 14.9 Å². The Balaban J connectivity index is 2.25. The van der Waals surface area contributed by atoms with Crippen LogP contribution < -0.4 is 4.90 Å². The van der Waals surface area contributed by atoms with Crippen LogP contribution in [0.2, 0.25) is 0 Å². The Morgan fingerprint density at radius 3 is 2.95 bits per heavy atom. The summed E-state index contributed by atoms with van der Waals surface area (Å²) in [5.41, 5.74) is -0.312. The number of nitro benzene ring substituents is 1.